The molecule has 7 heteroatoms. The molecule has 0 aromatic carbocycles. The molecule has 1 amide bonds. The molecule has 0 aromatic heterocycles. The summed E-state index contributed by atoms with van der Waals surface area (Å²) in [6, 6.07) is 0. The Morgan fingerprint density at radius 1 is 1.40 bits per heavy atom. The topological polar surface area (TPSA) is 95.9 Å². The van der Waals surface area contributed by atoms with Crippen molar-refractivity contribution >= 4 is 11.9 Å². The van der Waals surface area contributed by atoms with Crippen LogP contribution < -0.4 is 5.32 Å². The molecule has 0 spiro atoms. The van der Waals surface area contributed by atoms with E-state index in [2.05, 4.69) is 12.2 Å². The van der Waals surface area contributed by atoms with E-state index in [9.17, 15) is 4.79 Å². The fourth-order valence-corrected chi connectivity index (χ4v) is 0.466. The number of nitrogens with one attached hydrogen (secondary N) is 1. The molecule has 1 radical (unpaired) electrons. The number of aliphatic carboxylic acids is 1. The molecular formula is C8H16NO5Y-. The van der Waals surface area contributed by atoms with Crippen molar-refractivity contribution in [2.24, 2.45) is 0 Å². The van der Waals surface area contributed by atoms with Gasteiger partial charge in [-0.3, -0.25) is 16.5 Å². The van der Waals surface area contributed by atoms with Crippen LogP contribution in [0, 0.1) is 6.92 Å². The van der Waals surface area contributed by atoms with Gasteiger partial charge < -0.3 is 20.3 Å². The molecule has 0 aliphatic heterocycles. The van der Waals surface area contributed by atoms with E-state index in [4.69, 9.17) is 19.7 Å². The summed E-state index contributed by atoms with van der Waals surface area (Å²) in [4.78, 5) is 19.1. The number of carboxylic acids is 1. The Morgan fingerprint density at radius 2 is 1.87 bits per heavy atom. The van der Waals surface area contributed by atoms with Gasteiger partial charge in [0.15, 0.2) is 5.97 Å². The van der Waals surface area contributed by atoms with Crippen LogP contribution in [0.5, 0.6) is 0 Å². The largest absolute Gasteiger partial charge is 0.503 e. The van der Waals surface area contributed by atoms with Gasteiger partial charge in [0, 0.05) is 46.2 Å². The maximum Gasteiger partial charge on any atom is 0.216 e. The molecular weight excluding hydrogens is 279 g/mol. The summed E-state index contributed by atoms with van der Waals surface area (Å²) in [6.45, 7) is 5.33. The first-order valence-electron chi connectivity index (χ1n) is 3.98. The third-order valence-electron chi connectivity index (χ3n) is 0.856. The van der Waals surface area contributed by atoms with E-state index < -0.39 is 5.97 Å². The van der Waals surface area contributed by atoms with Gasteiger partial charge in [-0.15, -0.1) is 0 Å². The summed E-state index contributed by atoms with van der Waals surface area (Å²) in [7, 11) is 0. The molecule has 6 nitrogen and oxygen atoms in total. The smallest absolute Gasteiger partial charge is 0.216 e. The van der Waals surface area contributed by atoms with Crippen molar-refractivity contribution in [2.45, 2.75) is 6.92 Å². The number of carboxylic acid groups (broad SMARTS) is 1. The van der Waals surface area contributed by atoms with Crippen LogP contribution in [-0.2, 0) is 47.0 Å². The van der Waals surface area contributed by atoms with Crippen LogP contribution in [0.15, 0.2) is 0 Å². The van der Waals surface area contributed by atoms with Crippen molar-refractivity contribution in [3.05, 3.63) is 6.92 Å². The van der Waals surface area contributed by atoms with E-state index in [1.807, 2.05) is 0 Å². The summed E-state index contributed by atoms with van der Waals surface area (Å²) in [6.07, 6.45) is 0. The molecule has 3 N–H and O–H groups in total. The van der Waals surface area contributed by atoms with E-state index in [0.29, 0.717) is 19.8 Å². The fourth-order valence-electron chi connectivity index (χ4n) is 0.466. The molecule has 0 aliphatic carbocycles. The Morgan fingerprint density at radius 3 is 2.20 bits per heavy atom. The minimum absolute atomic E-state index is 0. The maximum absolute atomic E-state index is 10.3. The van der Waals surface area contributed by atoms with Gasteiger partial charge in [0.1, 0.15) is 0 Å². The van der Waals surface area contributed by atoms with Gasteiger partial charge in [-0.25, -0.2) is 0 Å². The number of carbonyl (C=O) groups is 2. The van der Waals surface area contributed by atoms with Gasteiger partial charge in [-0.1, -0.05) is 0 Å². The van der Waals surface area contributed by atoms with Gasteiger partial charge in [0.2, 0.25) is 5.91 Å². The van der Waals surface area contributed by atoms with Crippen molar-refractivity contribution in [3.63, 3.8) is 0 Å². The zero-order valence-corrected chi connectivity index (χ0v) is 11.6. The summed E-state index contributed by atoms with van der Waals surface area (Å²) in [5.74, 6) is -1.15. The Balaban J connectivity index is -0.000000249. The Kier molecular flexibility index (Phi) is 22.0. The molecule has 0 saturated carbocycles. The maximum atomic E-state index is 10.3. The second-order valence-electron chi connectivity index (χ2n) is 2.21. The van der Waals surface area contributed by atoms with E-state index in [1.54, 1.807) is 0 Å². The van der Waals surface area contributed by atoms with Crippen LogP contribution >= 0.6 is 0 Å². The number of hydrogen-bond acceptors (Lipinski definition) is 4. The fraction of sp³-hybridized carbons (Fsp3) is 0.625. The molecule has 0 atom stereocenters. The molecule has 0 unspecified atom stereocenters. The monoisotopic (exact) mass is 295 g/mol. The number of rotatable bonds is 5. The molecule has 0 heterocycles. The van der Waals surface area contributed by atoms with Crippen LogP contribution in [0.1, 0.15) is 6.92 Å². The zero-order valence-electron chi connectivity index (χ0n) is 8.73. The minimum Gasteiger partial charge on any atom is -0.503 e. The van der Waals surface area contributed by atoms with Gasteiger partial charge >= 0.3 is 0 Å². The molecule has 87 valence electrons. The summed E-state index contributed by atoms with van der Waals surface area (Å²) >= 11 is 0. The molecule has 0 fully saturated rings. The number of aliphatic hydroxyl groups excluding tert-OH is 1. The molecule has 0 aliphatic rings. The van der Waals surface area contributed by atoms with Gasteiger partial charge in [0.25, 0.3) is 0 Å². The first-order valence-corrected chi connectivity index (χ1v) is 3.98. The number of ether oxygens (including phenoxy) is 1. The van der Waals surface area contributed by atoms with Gasteiger partial charge in [-0.2, -0.15) is 0 Å². The van der Waals surface area contributed by atoms with Crippen molar-refractivity contribution in [3.8, 4) is 0 Å². The van der Waals surface area contributed by atoms with Crippen LogP contribution in [0.25, 0.3) is 0 Å². The molecule has 0 saturated heterocycles. The number of hydrogen-bond donors (Lipinski definition) is 3. The number of carbonyl (C=O) groups excluding carboxylic acids is 1. The number of aliphatic hydroxyl groups is 1. The summed E-state index contributed by atoms with van der Waals surface area (Å²) in [5.41, 5.74) is 0. The van der Waals surface area contributed by atoms with Crippen molar-refractivity contribution in [1.82, 2.24) is 5.32 Å². The summed E-state index contributed by atoms with van der Waals surface area (Å²) in [5, 5.41) is 18.1. The third kappa shape index (κ3) is 41.5. The minimum atomic E-state index is -1.08. The predicted octanol–water partition coefficient (Wildman–Crippen LogP) is -0.966. The third-order valence-corrected chi connectivity index (χ3v) is 0.856. The molecule has 15 heavy (non-hydrogen) atoms. The molecule has 0 rings (SSSR count). The average Bonchev–Trinajstić information content (AvgIpc) is 2.02. The van der Waals surface area contributed by atoms with E-state index in [-0.39, 0.29) is 45.2 Å². The standard InChI is InChI=1S/C6H13NO3.C2H3O2.Y/c1-6(9)7-2-4-10-5-3-8;1-2(3)4;/h8H,2-5H2,1H3,(H,7,9);1H2,(H,3,4);/q;-1;. The normalized spacial score (nSPS) is 7.87. The molecule has 0 bridgehead atoms. The molecule has 0 aromatic rings. The number of amides is 1. The van der Waals surface area contributed by atoms with Crippen LogP contribution in [0.3, 0.4) is 0 Å². The quantitative estimate of drug-likeness (QED) is 0.448. The van der Waals surface area contributed by atoms with Crippen molar-refractivity contribution < 1.29 is 57.2 Å². The average molecular weight is 295 g/mol. The second-order valence-corrected chi connectivity index (χ2v) is 2.21. The van der Waals surface area contributed by atoms with Crippen molar-refractivity contribution in [1.29, 1.82) is 0 Å². The van der Waals surface area contributed by atoms with E-state index in [1.165, 1.54) is 6.92 Å². The van der Waals surface area contributed by atoms with Crippen LogP contribution in [0.4, 0.5) is 0 Å². The van der Waals surface area contributed by atoms with Crippen LogP contribution in [-0.4, -0.2) is 48.5 Å². The summed E-state index contributed by atoms with van der Waals surface area (Å²) < 4.78 is 4.87. The zero-order chi connectivity index (χ0) is 11.4. The van der Waals surface area contributed by atoms with Crippen LogP contribution in [0.2, 0.25) is 0 Å². The Bertz CT molecular complexity index is 161. The Hall–Kier alpha value is -0.166. The first-order chi connectivity index (χ1) is 6.50. The van der Waals surface area contributed by atoms with Gasteiger partial charge in [-0.05, 0) is 0 Å². The second kappa shape index (κ2) is 16.3. The van der Waals surface area contributed by atoms with E-state index in [0.717, 1.165) is 0 Å². The first kappa shape index (κ1) is 20.3. The Labute approximate surface area is 114 Å². The van der Waals surface area contributed by atoms with Crippen molar-refractivity contribution in [2.75, 3.05) is 26.4 Å². The van der Waals surface area contributed by atoms with E-state index >= 15 is 0 Å². The predicted molar refractivity (Wildman–Crippen MR) is 49.6 cm³/mol. The SMILES string of the molecule is CC(=O)NCCOCCO.[CH2-]C(=O)O.[Y]. The van der Waals surface area contributed by atoms with Gasteiger partial charge in [0.05, 0.1) is 19.8 Å².